The molecule has 0 spiro atoms. The van der Waals surface area contributed by atoms with Gasteiger partial charge in [-0.25, -0.2) is 9.18 Å². The number of carbonyl (C=O) groups excluding carboxylic acids is 3. The maximum Gasteiger partial charge on any atom is 0.407 e. The molecule has 1 atom stereocenters. The second-order valence-corrected chi connectivity index (χ2v) is 11.3. The molecule has 10 nitrogen and oxygen atoms in total. The summed E-state index contributed by atoms with van der Waals surface area (Å²) in [7, 11) is 0. The normalized spacial score (nSPS) is 19.5. The first-order chi connectivity index (χ1) is 20.2. The third-order valence-corrected chi connectivity index (χ3v) is 8.33. The van der Waals surface area contributed by atoms with Crippen molar-refractivity contribution in [2.24, 2.45) is 0 Å². The molecule has 2 aliphatic heterocycles. The molecule has 0 radical (unpaired) electrons. The first kappa shape index (κ1) is 29.3. The van der Waals surface area contributed by atoms with Gasteiger partial charge in [0.2, 0.25) is 5.91 Å². The maximum atomic E-state index is 14.1. The minimum absolute atomic E-state index is 0.123. The highest BCUT2D eigenvalue weighted by Gasteiger charge is 2.31. The minimum Gasteiger partial charge on any atom is -0.488 e. The Hall–Kier alpha value is -4.15. The van der Waals surface area contributed by atoms with Gasteiger partial charge in [-0.15, -0.1) is 0 Å². The largest absolute Gasteiger partial charge is 0.488 e. The lowest BCUT2D eigenvalue weighted by molar-refractivity contribution is -0.114. The Morgan fingerprint density at radius 3 is 2.12 bits per heavy atom. The Balaban J connectivity index is 1.26. The molecule has 11 heteroatoms. The van der Waals surface area contributed by atoms with Crippen LogP contribution in [0.4, 0.5) is 14.9 Å². The second kappa shape index (κ2) is 12.8. The summed E-state index contributed by atoms with van der Waals surface area (Å²) in [5.41, 5.74) is 1.92. The van der Waals surface area contributed by atoms with Crippen LogP contribution in [0.25, 0.3) is 0 Å². The molecule has 224 valence electrons. The molecule has 2 aromatic carbocycles. The summed E-state index contributed by atoms with van der Waals surface area (Å²) in [4.78, 5) is 54.1. The molecule has 4 amide bonds. The fraction of sp³-hybridized carbons (Fsp3) is 0.484. The quantitative estimate of drug-likeness (QED) is 0.517. The van der Waals surface area contributed by atoms with Gasteiger partial charge < -0.3 is 29.9 Å². The predicted octanol–water partition coefficient (Wildman–Crippen LogP) is 4.56. The molecule has 3 aliphatic rings. The van der Waals surface area contributed by atoms with E-state index in [1.54, 1.807) is 15.9 Å². The number of nitrogens with zero attached hydrogens (tertiary/aromatic N) is 3. The average molecular weight is 581 g/mol. The highest BCUT2D eigenvalue weighted by molar-refractivity contribution is 5.98. The molecular weight excluding hydrogens is 543 g/mol. The molecule has 2 saturated heterocycles. The van der Waals surface area contributed by atoms with Gasteiger partial charge in [-0.05, 0) is 60.7 Å². The number of nitrogens with one attached hydrogen (secondary N) is 1. The third kappa shape index (κ3) is 6.83. The van der Waals surface area contributed by atoms with Crippen molar-refractivity contribution in [3.05, 3.63) is 58.9 Å². The molecule has 1 saturated carbocycles. The average Bonchev–Trinajstić information content (AvgIpc) is 3.45. The number of hydrogen-bond acceptors (Lipinski definition) is 5. The van der Waals surface area contributed by atoms with Crippen molar-refractivity contribution in [2.45, 2.75) is 57.5 Å². The van der Waals surface area contributed by atoms with Crippen LogP contribution in [-0.2, 0) is 4.79 Å². The summed E-state index contributed by atoms with van der Waals surface area (Å²) < 4.78 is 20.4. The zero-order chi connectivity index (χ0) is 29.8. The minimum atomic E-state index is -0.943. The molecule has 5 rings (SSSR count). The number of carboxylic acid groups (broad SMARTS) is 1. The fourth-order valence-electron chi connectivity index (χ4n) is 6.17. The molecule has 2 N–H and O–H groups in total. The maximum absolute atomic E-state index is 14.1. The van der Waals surface area contributed by atoms with Crippen LogP contribution in [0.2, 0.25) is 0 Å². The summed E-state index contributed by atoms with van der Waals surface area (Å²) in [6.45, 7) is 3.35. The first-order valence-corrected chi connectivity index (χ1v) is 14.6. The van der Waals surface area contributed by atoms with Crippen LogP contribution in [0.1, 0.15) is 77.6 Å². The van der Waals surface area contributed by atoms with E-state index in [0.29, 0.717) is 51.3 Å². The number of ether oxygens (including phenoxy) is 1. The Labute approximate surface area is 244 Å². The van der Waals surface area contributed by atoms with Crippen molar-refractivity contribution >= 4 is 29.5 Å². The highest BCUT2D eigenvalue weighted by Crippen LogP contribution is 2.39. The summed E-state index contributed by atoms with van der Waals surface area (Å²) in [6, 6.07) is 9.30. The van der Waals surface area contributed by atoms with Gasteiger partial charge in [0.15, 0.2) is 0 Å². The second-order valence-electron chi connectivity index (χ2n) is 11.3. The number of anilines is 1. The molecule has 1 aliphatic carbocycles. The van der Waals surface area contributed by atoms with Crippen LogP contribution in [0, 0.1) is 5.82 Å². The van der Waals surface area contributed by atoms with Crippen LogP contribution in [0.3, 0.4) is 0 Å². The van der Waals surface area contributed by atoms with E-state index in [1.807, 2.05) is 12.1 Å². The number of piperazine rings is 1. The van der Waals surface area contributed by atoms with E-state index in [2.05, 4.69) is 5.32 Å². The molecular formula is C31H37FN4O6. The molecule has 2 heterocycles. The van der Waals surface area contributed by atoms with Crippen molar-refractivity contribution in [3.63, 3.8) is 0 Å². The topological polar surface area (TPSA) is 119 Å². The molecule has 0 aromatic heterocycles. The van der Waals surface area contributed by atoms with Gasteiger partial charge in [0.05, 0.1) is 6.54 Å². The Bertz CT molecular complexity index is 1350. The number of halogens is 1. The lowest BCUT2D eigenvalue weighted by Crippen LogP contribution is -2.50. The summed E-state index contributed by atoms with van der Waals surface area (Å²) in [5.74, 6) is -0.459. The highest BCUT2D eigenvalue weighted by atomic mass is 19.1. The van der Waals surface area contributed by atoms with Gasteiger partial charge in [-0.2, -0.15) is 0 Å². The van der Waals surface area contributed by atoms with E-state index in [4.69, 9.17) is 4.74 Å². The van der Waals surface area contributed by atoms with E-state index < -0.39 is 11.9 Å². The summed E-state index contributed by atoms with van der Waals surface area (Å²) in [5, 5.41) is 11.8. The fourth-order valence-corrected chi connectivity index (χ4v) is 6.17. The SMILES string of the molecule is CC(=O)Nc1cc(F)cc(C(=O)N2CCN(C(=O)c3ccc(O[C@H]4CCN(C(=O)O)C4)c(C4CCCCC4)c3)CC2)c1. The van der Waals surface area contributed by atoms with Crippen molar-refractivity contribution in [2.75, 3.05) is 44.6 Å². The molecule has 42 heavy (non-hydrogen) atoms. The number of likely N-dealkylation sites (tertiary alicyclic amines) is 1. The standard InChI is InChI=1S/C31H37FN4O6/c1-20(37)33-25-16-23(15-24(32)18-25)30(39)35-13-11-34(12-14-35)29(38)22-7-8-28(27(17-22)21-5-3-2-4-6-21)42-26-9-10-36(19-26)31(40)41/h7-8,15-18,21,26H,2-6,9-14,19H2,1H3,(H,33,37)(H,40,41)/t26-/m0/s1. The van der Waals surface area contributed by atoms with E-state index in [9.17, 15) is 28.7 Å². The Kier molecular flexibility index (Phi) is 8.94. The van der Waals surface area contributed by atoms with Crippen LogP contribution in [0.5, 0.6) is 5.75 Å². The monoisotopic (exact) mass is 580 g/mol. The van der Waals surface area contributed by atoms with Gasteiger partial charge in [-0.3, -0.25) is 14.4 Å². The molecule has 3 fully saturated rings. The van der Waals surface area contributed by atoms with Crippen molar-refractivity contribution in [1.82, 2.24) is 14.7 Å². The van der Waals surface area contributed by atoms with Crippen molar-refractivity contribution in [3.8, 4) is 5.75 Å². The number of amides is 4. The Morgan fingerprint density at radius 2 is 1.50 bits per heavy atom. The number of carbonyl (C=O) groups is 4. The smallest absolute Gasteiger partial charge is 0.407 e. The zero-order valence-corrected chi connectivity index (χ0v) is 23.8. The van der Waals surface area contributed by atoms with Gasteiger partial charge in [0.1, 0.15) is 17.7 Å². The molecule has 0 bridgehead atoms. The van der Waals surface area contributed by atoms with Gasteiger partial charge in [0, 0.05) is 62.9 Å². The van der Waals surface area contributed by atoms with Crippen molar-refractivity contribution < 1.29 is 33.4 Å². The molecule has 0 unspecified atom stereocenters. The van der Waals surface area contributed by atoms with E-state index >= 15 is 0 Å². The van der Waals surface area contributed by atoms with Gasteiger partial charge >= 0.3 is 6.09 Å². The first-order valence-electron chi connectivity index (χ1n) is 14.6. The third-order valence-electron chi connectivity index (χ3n) is 8.33. The van der Waals surface area contributed by atoms with Gasteiger partial charge in [0.25, 0.3) is 11.8 Å². The van der Waals surface area contributed by atoms with Crippen molar-refractivity contribution in [1.29, 1.82) is 0 Å². The van der Waals surface area contributed by atoms with Crippen LogP contribution >= 0.6 is 0 Å². The molecule has 2 aromatic rings. The van der Waals surface area contributed by atoms with Crippen LogP contribution in [0.15, 0.2) is 36.4 Å². The Morgan fingerprint density at radius 1 is 0.833 bits per heavy atom. The number of rotatable bonds is 6. The zero-order valence-electron chi connectivity index (χ0n) is 23.8. The van der Waals surface area contributed by atoms with Crippen LogP contribution < -0.4 is 10.1 Å². The lowest BCUT2D eigenvalue weighted by Gasteiger charge is -2.35. The summed E-state index contributed by atoms with van der Waals surface area (Å²) in [6.07, 6.45) is 4.93. The predicted molar refractivity (Wildman–Crippen MR) is 153 cm³/mol. The number of benzene rings is 2. The van der Waals surface area contributed by atoms with Gasteiger partial charge in [-0.1, -0.05) is 19.3 Å². The van der Waals surface area contributed by atoms with Crippen LogP contribution in [-0.4, -0.2) is 89.0 Å². The van der Waals surface area contributed by atoms with E-state index in [-0.39, 0.29) is 41.0 Å². The number of hydrogen-bond donors (Lipinski definition) is 2. The lowest BCUT2D eigenvalue weighted by atomic mass is 9.83. The van der Waals surface area contributed by atoms with E-state index in [1.165, 1.54) is 24.3 Å². The van der Waals surface area contributed by atoms with E-state index in [0.717, 1.165) is 49.1 Å². The summed E-state index contributed by atoms with van der Waals surface area (Å²) >= 11 is 0.